The molecule has 0 fully saturated rings. The monoisotopic (exact) mass is 303 g/mol. The van der Waals surface area contributed by atoms with Crippen LogP contribution in [0.15, 0.2) is 0 Å². The second-order valence-electron chi connectivity index (χ2n) is 5.97. The normalized spacial score (nSPS) is 15.7. The molecule has 3 atom stereocenters. The first-order chi connectivity index (χ1) is 9.47. The quantitative estimate of drug-likeness (QED) is 0.676. The highest BCUT2D eigenvalue weighted by Gasteiger charge is 2.31. The van der Waals surface area contributed by atoms with Crippen LogP contribution < -0.4 is 5.73 Å². The summed E-state index contributed by atoms with van der Waals surface area (Å²) in [4.78, 5) is 34.4. The summed E-state index contributed by atoms with van der Waals surface area (Å²) >= 11 is 0. The predicted octanol–water partition coefficient (Wildman–Crippen LogP) is 1.09. The van der Waals surface area contributed by atoms with Gasteiger partial charge < -0.3 is 20.3 Å². The summed E-state index contributed by atoms with van der Waals surface area (Å²) in [5, 5.41) is 9.02. The minimum atomic E-state index is -1.59. The number of carboxylic acids is 1. The van der Waals surface area contributed by atoms with E-state index in [1.807, 2.05) is 6.92 Å². The Kier molecular flexibility index (Phi) is 7.35. The number of hydrogen-bond donors (Lipinski definition) is 2. The van der Waals surface area contributed by atoms with Crippen LogP contribution in [-0.4, -0.2) is 40.8 Å². The first kappa shape index (κ1) is 19.4. The third kappa shape index (κ3) is 7.65. The van der Waals surface area contributed by atoms with Gasteiger partial charge in [-0.25, -0.2) is 4.79 Å². The minimum absolute atomic E-state index is 0.145. The number of carboxylic acid groups (broad SMARTS) is 1. The van der Waals surface area contributed by atoms with E-state index < -0.39 is 42.1 Å². The third-order valence-corrected chi connectivity index (χ3v) is 2.84. The Hall–Kier alpha value is -1.63. The van der Waals surface area contributed by atoms with Crippen molar-refractivity contribution >= 4 is 17.9 Å². The molecule has 0 bridgehead atoms. The van der Waals surface area contributed by atoms with Gasteiger partial charge in [-0.15, -0.1) is 0 Å². The van der Waals surface area contributed by atoms with E-state index in [0.717, 1.165) is 0 Å². The summed E-state index contributed by atoms with van der Waals surface area (Å²) in [6.45, 7) is 8.59. The molecule has 0 aliphatic heterocycles. The van der Waals surface area contributed by atoms with Crippen LogP contribution in [0.5, 0.6) is 0 Å². The van der Waals surface area contributed by atoms with Crippen molar-refractivity contribution in [3.63, 3.8) is 0 Å². The van der Waals surface area contributed by atoms with Crippen molar-refractivity contribution in [2.24, 2.45) is 11.7 Å². The average molecular weight is 303 g/mol. The molecule has 3 unspecified atom stereocenters. The molecule has 0 saturated carbocycles. The molecule has 0 saturated heterocycles. The molecule has 0 aromatic rings. The molecule has 21 heavy (non-hydrogen) atoms. The number of carbonyl (C=O) groups is 3. The molecule has 0 aromatic carbocycles. The summed E-state index contributed by atoms with van der Waals surface area (Å²) in [7, 11) is 0. The van der Waals surface area contributed by atoms with Gasteiger partial charge in [-0.1, -0.05) is 20.3 Å². The van der Waals surface area contributed by atoms with Gasteiger partial charge in [0.05, 0.1) is 6.42 Å². The Morgan fingerprint density at radius 1 is 1.24 bits per heavy atom. The lowest BCUT2D eigenvalue weighted by Gasteiger charge is -2.22. The van der Waals surface area contributed by atoms with Gasteiger partial charge in [0, 0.05) is 0 Å². The average Bonchev–Trinajstić information content (AvgIpc) is 2.33. The van der Waals surface area contributed by atoms with Crippen LogP contribution in [0.1, 0.15) is 47.5 Å². The number of nitrogens with two attached hydrogens (primary N) is 1. The topological polar surface area (TPSA) is 116 Å². The number of carbonyl (C=O) groups excluding carboxylic acids is 2. The van der Waals surface area contributed by atoms with Gasteiger partial charge in [-0.3, -0.25) is 9.59 Å². The van der Waals surface area contributed by atoms with Crippen molar-refractivity contribution in [1.82, 2.24) is 0 Å². The van der Waals surface area contributed by atoms with Gasteiger partial charge in [-0.2, -0.15) is 0 Å². The SMILES string of the molecule is CCC(C)C(N)C(=O)OC(CC(=O)OC(C)(C)C)C(=O)O. The Labute approximate surface area is 124 Å². The van der Waals surface area contributed by atoms with E-state index in [0.29, 0.717) is 6.42 Å². The van der Waals surface area contributed by atoms with E-state index in [-0.39, 0.29) is 5.92 Å². The Bertz CT molecular complexity index is 387. The van der Waals surface area contributed by atoms with Gasteiger partial charge in [0.25, 0.3) is 0 Å². The maximum atomic E-state index is 11.8. The molecule has 0 spiro atoms. The number of esters is 2. The van der Waals surface area contributed by atoms with E-state index in [1.54, 1.807) is 27.7 Å². The van der Waals surface area contributed by atoms with Gasteiger partial charge in [-0.05, 0) is 26.7 Å². The smallest absolute Gasteiger partial charge is 0.345 e. The maximum absolute atomic E-state index is 11.8. The highest BCUT2D eigenvalue weighted by molar-refractivity contribution is 5.84. The Balaban J connectivity index is 4.68. The summed E-state index contributed by atoms with van der Waals surface area (Å²) < 4.78 is 9.82. The van der Waals surface area contributed by atoms with Crippen molar-refractivity contribution in [3.05, 3.63) is 0 Å². The molecule has 0 heterocycles. The lowest BCUT2D eigenvalue weighted by molar-refractivity contribution is -0.172. The summed E-state index contributed by atoms with van der Waals surface area (Å²) in [5.41, 5.74) is 4.93. The zero-order valence-electron chi connectivity index (χ0n) is 13.2. The van der Waals surface area contributed by atoms with Crippen molar-refractivity contribution in [2.75, 3.05) is 0 Å². The van der Waals surface area contributed by atoms with Crippen LogP contribution in [0.25, 0.3) is 0 Å². The molecule has 0 aliphatic rings. The molecule has 7 nitrogen and oxygen atoms in total. The third-order valence-electron chi connectivity index (χ3n) is 2.84. The first-order valence-corrected chi connectivity index (χ1v) is 6.88. The van der Waals surface area contributed by atoms with Gasteiger partial charge in [0.1, 0.15) is 11.6 Å². The number of aliphatic carboxylic acids is 1. The van der Waals surface area contributed by atoms with E-state index in [1.165, 1.54) is 0 Å². The summed E-state index contributed by atoms with van der Waals surface area (Å²) in [5.74, 6) is -3.14. The molecular weight excluding hydrogens is 278 g/mol. The van der Waals surface area contributed by atoms with E-state index in [4.69, 9.17) is 20.3 Å². The van der Waals surface area contributed by atoms with Crippen LogP contribution in [0, 0.1) is 5.92 Å². The Morgan fingerprint density at radius 3 is 2.14 bits per heavy atom. The second kappa shape index (κ2) is 7.97. The largest absolute Gasteiger partial charge is 0.478 e. The van der Waals surface area contributed by atoms with Crippen LogP contribution in [0.4, 0.5) is 0 Å². The van der Waals surface area contributed by atoms with E-state index >= 15 is 0 Å². The van der Waals surface area contributed by atoms with Crippen molar-refractivity contribution < 1.29 is 29.0 Å². The molecular formula is C14H25NO6. The van der Waals surface area contributed by atoms with Crippen LogP contribution in [0.3, 0.4) is 0 Å². The van der Waals surface area contributed by atoms with Crippen LogP contribution in [-0.2, 0) is 23.9 Å². The number of ether oxygens (including phenoxy) is 2. The summed E-state index contributed by atoms with van der Waals surface area (Å²) in [6, 6.07) is -0.921. The lowest BCUT2D eigenvalue weighted by atomic mass is 10.0. The van der Waals surface area contributed by atoms with Gasteiger partial charge in [0.2, 0.25) is 6.10 Å². The maximum Gasteiger partial charge on any atom is 0.345 e. The van der Waals surface area contributed by atoms with Gasteiger partial charge in [0.15, 0.2) is 0 Å². The Morgan fingerprint density at radius 2 is 1.76 bits per heavy atom. The fraction of sp³-hybridized carbons (Fsp3) is 0.786. The zero-order chi connectivity index (χ0) is 16.8. The van der Waals surface area contributed by atoms with Crippen LogP contribution >= 0.6 is 0 Å². The zero-order valence-corrected chi connectivity index (χ0v) is 13.2. The number of rotatable bonds is 7. The summed E-state index contributed by atoms with van der Waals surface area (Å²) in [6.07, 6.45) is -1.49. The standard InChI is InChI=1S/C14H25NO6/c1-6-8(2)11(15)13(19)20-9(12(17)18)7-10(16)21-14(3,4)5/h8-9,11H,6-7,15H2,1-5H3,(H,17,18). The molecule has 0 amide bonds. The molecule has 0 rings (SSSR count). The van der Waals surface area contributed by atoms with Crippen molar-refractivity contribution in [1.29, 1.82) is 0 Å². The van der Waals surface area contributed by atoms with Crippen molar-refractivity contribution in [2.45, 2.75) is 65.2 Å². The molecule has 0 radical (unpaired) electrons. The molecule has 0 aliphatic carbocycles. The van der Waals surface area contributed by atoms with E-state index in [9.17, 15) is 14.4 Å². The highest BCUT2D eigenvalue weighted by Crippen LogP contribution is 2.13. The fourth-order valence-corrected chi connectivity index (χ4v) is 1.42. The molecule has 0 aromatic heterocycles. The van der Waals surface area contributed by atoms with Gasteiger partial charge >= 0.3 is 17.9 Å². The number of hydrogen-bond acceptors (Lipinski definition) is 6. The fourth-order valence-electron chi connectivity index (χ4n) is 1.42. The van der Waals surface area contributed by atoms with Crippen LogP contribution in [0.2, 0.25) is 0 Å². The lowest BCUT2D eigenvalue weighted by Crippen LogP contribution is -2.42. The molecule has 7 heteroatoms. The predicted molar refractivity (Wildman–Crippen MR) is 75.4 cm³/mol. The minimum Gasteiger partial charge on any atom is -0.478 e. The van der Waals surface area contributed by atoms with E-state index in [2.05, 4.69) is 0 Å². The van der Waals surface area contributed by atoms with Crippen molar-refractivity contribution in [3.8, 4) is 0 Å². The second-order valence-corrected chi connectivity index (χ2v) is 5.97. The molecule has 122 valence electrons. The highest BCUT2D eigenvalue weighted by atomic mass is 16.6. The first-order valence-electron chi connectivity index (χ1n) is 6.88. The molecule has 3 N–H and O–H groups in total.